The van der Waals surface area contributed by atoms with E-state index in [9.17, 15) is 4.79 Å². The number of hydrogen-bond donors (Lipinski definition) is 1. The van der Waals surface area contributed by atoms with Gasteiger partial charge in [0.25, 0.3) is 5.91 Å². The molecule has 1 aromatic rings. The van der Waals surface area contributed by atoms with Gasteiger partial charge in [-0.05, 0) is 18.6 Å². The molecule has 0 aliphatic carbocycles. The van der Waals surface area contributed by atoms with Crippen LogP contribution in [0.4, 0.5) is 5.69 Å². The maximum atomic E-state index is 12.3. The minimum absolute atomic E-state index is 0.0919. The van der Waals surface area contributed by atoms with E-state index in [1.54, 1.807) is 17.0 Å². The molecular weight excluding hydrogens is 275 g/mol. The van der Waals surface area contributed by atoms with Crippen molar-refractivity contribution in [3.8, 4) is 0 Å². The summed E-state index contributed by atoms with van der Waals surface area (Å²) in [4.78, 5) is 14.0. The lowest BCUT2D eigenvalue weighted by Gasteiger charge is -2.20. The van der Waals surface area contributed by atoms with Gasteiger partial charge in [0.1, 0.15) is 0 Å². The third kappa shape index (κ3) is 2.88. The zero-order valence-corrected chi connectivity index (χ0v) is 11.3. The van der Waals surface area contributed by atoms with Crippen LogP contribution < -0.4 is 5.73 Å². The largest absolute Gasteiger partial charge is 0.397 e. The van der Waals surface area contributed by atoms with Gasteiger partial charge in [-0.2, -0.15) is 0 Å². The molecule has 0 spiro atoms. The van der Waals surface area contributed by atoms with Gasteiger partial charge in [-0.3, -0.25) is 4.79 Å². The number of amides is 1. The lowest BCUT2D eigenvalue weighted by Crippen LogP contribution is -2.33. The molecule has 0 radical (unpaired) electrons. The fourth-order valence-corrected chi connectivity index (χ4v) is 2.20. The summed E-state index contributed by atoms with van der Waals surface area (Å²) in [5.41, 5.74) is 6.49. The van der Waals surface area contributed by atoms with E-state index in [-0.39, 0.29) is 10.9 Å². The minimum atomic E-state index is -0.0919. The number of ether oxygens (including phenoxy) is 1. The number of rotatable bonds is 1. The van der Waals surface area contributed by atoms with Crippen molar-refractivity contribution in [2.45, 2.75) is 6.42 Å². The standard InChI is InChI=1S/C12H14Cl2N2O2/c13-9-6-8(7-10(15)11(9)14)12(17)16-2-1-4-18-5-3-16/h6-7H,1-5,15H2. The molecule has 1 aliphatic rings. The van der Waals surface area contributed by atoms with Crippen molar-refractivity contribution >= 4 is 34.8 Å². The second-order valence-electron chi connectivity index (χ2n) is 4.12. The highest BCUT2D eigenvalue weighted by Gasteiger charge is 2.19. The van der Waals surface area contributed by atoms with Crippen LogP contribution in [0, 0.1) is 0 Å². The lowest BCUT2D eigenvalue weighted by atomic mass is 10.1. The van der Waals surface area contributed by atoms with Gasteiger partial charge in [-0.25, -0.2) is 0 Å². The van der Waals surface area contributed by atoms with E-state index in [2.05, 4.69) is 0 Å². The number of halogens is 2. The summed E-state index contributed by atoms with van der Waals surface area (Å²) in [5, 5.41) is 0.582. The Bertz CT molecular complexity index is 434. The SMILES string of the molecule is Nc1cc(C(=O)N2CCCOCC2)cc(Cl)c1Cl. The third-order valence-electron chi connectivity index (χ3n) is 2.81. The molecule has 0 unspecified atom stereocenters. The number of nitrogen functional groups attached to an aromatic ring is 1. The molecule has 1 aliphatic heterocycles. The first kappa shape index (κ1) is 13.5. The first-order chi connectivity index (χ1) is 8.59. The van der Waals surface area contributed by atoms with Gasteiger partial charge in [0.15, 0.2) is 0 Å². The predicted molar refractivity (Wildman–Crippen MR) is 72.2 cm³/mol. The monoisotopic (exact) mass is 288 g/mol. The molecule has 1 amide bonds. The third-order valence-corrected chi connectivity index (χ3v) is 3.63. The number of anilines is 1. The van der Waals surface area contributed by atoms with Gasteiger partial charge in [0.2, 0.25) is 0 Å². The number of benzene rings is 1. The summed E-state index contributed by atoms with van der Waals surface area (Å²) < 4.78 is 5.31. The number of hydrogen-bond acceptors (Lipinski definition) is 3. The van der Waals surface area contributed by atoms with Crippen LogP contribution in [0.5, 0.6) is 0 Å². The zero-order chi connectivity index (χ0) is 13.1. The molecule has 1 heterocycles. The molecule has 0 aromatic heterocycles. The van der Waals surface area contributed by atoms with Crippen LogP contribution in [0.15, 0.2) is 12.1 Å². The fourth-order valence-electron chi connectivity index (χ4n) is 1.87. The van der Waals surface area contributed by atoms with E-state index in [4.69, 9.17) is 33.7 Å². The zero-order valence-electron chi connectivity index (χ0n) is 9.79. The number of nitrogens with two attached hydrogens (primary N) is 1. The summed E-state index contributed by atoms with van der Waals surface area (Å²) in [6, 6.07) is 3.11. The number of nitrogens with zero attached hydrogens (tertiary/aromatic N) is 1. The minimum Gasteiger partial charge on any atom is -0.397 e. The highest BCUT2D eigenvalue weighted by atomic mass is 35.5. The average Bonchev–Trinajstić information content (AvgIpc) is 2.63. The first-order valence-electron chi connectivity index (χ1n) is 5.71. The maximum absolute atomic E-state index is 12.3. The molecule has 6 heteroatoms. The van der Waals surface area contributed by atoms with Gasteiger partial charge in [0.05, 0.1) is 22.3 Å². The molecule has 1 saturated heterocycles. The second-order valence-corrected chi connectivity index (χ2v) is 4.90. The molecule has 2 rings (SSSR count). The lowest BCUT2D eigenvalue weighted by molar-refractivity contribution is 0.0741. The van der Waals surface area contributed by atoms with Crippen molar-refractivity contribution in [2.24, 2.45) is 0 Å². The van der Waals surface area contributed by atoms with E-state index >= 15 is 0 Å². The van der Waals surface area contributed by atoms with Crippen LogP contribution in [0.3, 0.4) is 0 Å². The van der Waals surface area contributed by atoms with Crippen molar-refractivity contribution < 1.29 is 9.53 Å². The van der Waals surface area contributed by atoms with E-state index in [1.807, 2.05) is 0 Å². The van der Waals surface area contributed by atoms with Crippen LogP contribution in [0.2, 0.25) is 10.0 Å². The van der Waals surface area contributed by atoms with Crippen LogP contribution in [-0.2, 0) is 4.74 Å². The molecule has 1 fully saturated rings. The molecule has 98 valence electrons. The molecule has 0 saturated carbocycles. The average molecular weight is 289 g/mol. The van der Waals surface area contributed by atoms with E-state index in [0.29, 0.717) is 42.6 Å². The number of carbonyl (C=O) groups excluding carboxylic acids is 1. The molecule has 2 N–H and O–H groups in total. The Morgan fingerprint density at radius 2 is 2.06 bits per heavy atom. The Morgan fingerprint density at radius 1 is 1.28 bits per heavy atom. The van der Waals surface area contributed by atoms with Crippen molar-refractivity contribution in [2.75, 3.05) is 32.0 Å². The second kappa shape index (κ2) is 5.78. The molecule has 4 nitrogen and oxygen atoms in total. The van der Waals surface area contributed by atoms with Crippen molar-refractivity contribution in [1.82, 2.24) is 4.90 Å². The van der Waals surface area contributed by atoms with Crippen molar-refractivity contribution in [3.63, 3.8) is 0 Å². The molecule has 0 atom stereocenters. The smallest absolute Gasteiger partial charge is 0.254 e. The topological polar surface area (TPSA) is 55.6 Å². The van der Waals surface area contributed by atoms with Crippen LogP contribution >= 0.6 is 23.2 Å². The number of carbonyl (C=O) groups is 1. The Balaban J connectivity index is 2.22. The summed E-state index contributed by atoms with van der Waals surface area (Å²) in [7, 11) is 0. The Morgan fingerprint density at radius 3 is 2.78 bits per heavy atom. The van der Waals surface area contributed by atoms with Crippen molar-refractivity contribution in [1.29, 1.82) is 0 Å². The van der Waals surface area contributed by atoms with Gasteiger partial charge in [-0.15, -0.1) is 0 Å². The van der Waals surface area contributed by atoms with Gasteiger partial charge < -0.3 is 15.4 Å². The predicted octanol–water partition coefficient (Wildman–Crippen LogP) is 2.44. The summed E-state index contributed by atoms with van der Waals surface area (Å²) in [6.07, 6.45) is 0.836. The van der Waals surface area contributed by atoms with Crippen LogP contribution in [-0.4, -0.2) is 37.1 Å². The van der Waals surface area contributed by atoms with Gasteiger partial charge >= 0.3 is 0 Å². The Hall–Kier alpha value is -0.970. The summed E-state index contributed by atoms with van der Waals surface area (Å²) in [5.74, 6) is -0.0919. The van der Waals surface area contributed by atoms with Crippen molar-refractivity contribution in [3.05, 3.63) is 27.7 Å². The molecule has 1 aromatic carbocycles. The van der Waals surface area contributed by atoms with Gasteiger partial charge in [0, 0.05) is 25.3 Å². The maximum Gasteiger partial charge on any atom is 0.254 e. The highest BCUT2D eigenvalue weighted by molar-refractivity contribution is 6.43. The van der Waals surface area contributed by atoms with E-state index in [1.165, 1.54) is 0 Å². The van der Waals surface area contributed by atoms with Crippen LogP contribution in [0.1, 0.15) is 16.8 Å². The van der Waals surface area contributed by atoms with Crippen LogP contribution in [0.25, 0.3) is 0 Å². The fraction of sp³-hybridized carbons (Fsp3) is 0.417. The normalized spacial score (nSPS) is 16.4. The quantitative estimate of drug-likeness (QED) is 0.808. The van der Waals surface area contributed by atoms with Gasteiger partial charge in [-0.1, -0.05) is 23.2 Å². The molecule has 0 bridgehead atoms. The summed E-state index contributed by atoms with van der Waals surface area (Å²) >= 11 is 11.8. The van der Waals surface area contributed by atoms with E-state index < -0.39 is 0 Å². The Kier molecular flexibility index (Phi) is 4.32. The Labute approximate surface area is 116 Å². The molecular formula is C12H14Cl2N2O2. The first-order valence-corrected chi connectivity index (χ1v) is 6.46. The molecule has 18 heavy (non-hydrogen) atoms. The summed E-state index contributed by atoms with van der Waals surface area (Å²) in [6.45, 7) is 2.51. The van der Waals surface area contributed by atoms with E-state index in [0.717, 1.165) is 6.42 Å². The highest BCUT2D eigenvalue weighted by Crippen LogP contribution is 2.29.